The quantitative estimate of drug-likeness (QED) is 0.534. The van der Waals surface area contributed by atoms with Gasteiger partial charge >= 0.3 is 0 Å². The third-order valence-corrected chi connectivity index (χ3v) is 8.80. The van der Waals surface area contributed by atoms with Crippen molar-refractivity contribution in [2.75, 3.05) is 0 Å². The van der Waals surface area contributed by atoms with Crippen LogP contribution in [0.25, 0.3) is 0 Å². The Morgan fingerprint density at radius 1 is 0.591 bits per heavy atom. The van der Waals surface area contributed by atoms with Crippen LogP contribution in [0.15, 0.2) is 91.0 Å². The minimum atomic E-state index is -2.64. The lowest BCUT2D eigenvalue weighted by Gasteiger charge is -2.30. The summed E-state index contributed by atoms with van der Waals surface area (Å²) >= 11 is 0. The molecule has 3 aromatic rings. The number of hydrogen-bond donors (Lipinski definition) is 0. The second kappa shape index (κ2) is 6.12. The third-order valence-electron chi connectivity index (χ3n) is 4.15. The fourth-order valence-corrected chi connectivity index (χ4v) is 7.47. The summed E-state index contributed by atoms with van der Waals surface area (Å²) in [7, 11) is -2.64. The van der Waals surface area contributed by atoms with Crippen LogP contribution in [0.2, 0.25) is 0 Å². The Hall–Kier alpha value is -2.45. The number of rotatable bonds is 4. The summed E-state index contributed by atoms with van der Waals surface area (Å²) in [5, 5.41) is 3.68. The van der Waals surface area contributed by atoms with E-state index in [0.29, 0.717) is 0 Å². The van der Waals surface area contributed by atoms with Gasteiger partial charge in [0.15, 0.2) is 0 Å². The third kappa shape index (κ3) is 2.32. The van der Waals surface area contributed by atoms with Crippen molar-refractivity contribution in [1.82, 2.24) is 0 Å². The van der Waals surface area contributed by atoms with Gasteiger partial charge in [-0.2, -0.15) is 0 Å². The maximum atomic E-state index is 12.9. The molecule has 0 aromatic heterocycles. The van der Waals surface area contributed by atoms with Gasteiger partial charge in [0.1, 0.15) is 5.41 Å². The summed E-state index contributed by atoms with van der Waals surface area (Å²) in [6, 6.07) is 30.7. The largest absolute Gasteiger partial charge is 0.304 e. The lowest BCUT2D eigenvalue weighted by atomic mass is 10.3. The molecule has 0 bridgehead atoms. The molecular weight excluding hydrogens is 284 g/mol. The highest BCUT2D eigenvalue weighted by atomic mass is 28.3. The Bertz CT molecular complexity index is 655. The first-order chi connectivity index (χ1) is 10.8. The summed E-state index contributed by atoms with van der Waals surface area (Å²) < 4.78 is 0. The van der Waals surface area contributed by atoms with Crippen molar-refractivity contribution in [3.05, 3.63) is 91.0 Å². The van der Waals surface area contributed by atoms with Crippen molar-refractivity contribution in [2.45, 2.75) is 6.92 Å². The van der Waals surface area contributed by atoms with E-state index in [1.807, 2.05) is 54.6 Å². The lowest BCUT2D eigenvalue weighted by molar-refractivity contribution is -0.110. The van der Waals surface area contributed by atoms with Gasteiger partial charge in [-0.3, -0.25) is 0 Å². The molecular formula is C20H18OSi. The van der Waals surface area contributed by atoms with Crippen LogP contribution >= 0.6 is 0 Å². The highest BCUT2D eigenvalue weighted by molar-refractivity contribution is 7.29. The first-order valence-corrected chi connectivity index (χ1v) is 9.44. The van der Waals surface area contributed by atoms with Crippen molar-refractivity contribution in [3.8, 4) is 0 Å². The second-order valence-electron chi connectivity index (χ2n) is 5.40. The molecule has 108 valence electrons. The molecule has 2 heteroatoms. The van der Waals surface area contributed by atoms with E-state index in [9.17, 15) is 4.79 Å². The van der Waals surface area contributed by atoms with E-state index in [1.54, 1.807) is 6.92 Å². The van der Waals surface area contributed by atoms with Crippen molar-refractivity contribution in [3.63, 3.8) is 0 Å². The Labute approximate surface area is 132 Å². The van der Waals surface area contributed by atoms with Crippen LogP contribution in [0.3, 0.4) is 0 Å². The van der Waals surface area contributed by atoms with Gasteiger partial charge in [-0.1, -0.05) is 91.0 Å². The molecule has 0 heterocycles. The van der Waals surface area contributed by atoms with Crippen molar-refractivity contribution in [2.24, 2.45) is 0 Å². The van der Waals surface area contributed by atoms with Crippen molar-refractivity contribution >= 4 is 29.0 Å². The summed E-state index contributed by atoms with van der Waals surface area (Å²) in [6.45, 7) is 1.74. The fourth-order valence-electron chi connectivity index (χ4n) is 3.17. The van der Waals surface area contributed by atoms with E-state index in [0.717, 1.165) is 15.6 Å². The summed E-state index contributed by atoms with van der Waals surface area (Å²) in [4.78, 5) is 12.9. The van der Waals surface area contributed by atoms with E-state index in [1.165, 1.54) is 0 Å². The van der Waals surface area contributed by atoms with Gasteiger partial charge in [-0.05, 0) is 22.5 Å². The topological polar surface area (TPSA) is 17.1 Å². The van der Waals surface area contributed by atoms with Gasteiger partial charge in [0.25, 0.3) is 0 Å². The molecule has 22 heavy (non-hydrogen) atoms. The van der Waals surface area contributed by atoms with Crippen molar-refractivity contribution in [1.29, 1.82) is 0 Å². The normalized spacial score (nSPS) is 11.1. The van der Waals surface area contributed by atoms with Gasteiger partial charge in [0.05, 0.1) is 0 Å². The number of carbonyl (C=O) groups is 1. The first-order valence-electron chi connectivity index (χ1n) is 7.44. The van der Waals surface area contributed by atoms with Gasteiger partial charge in [-0.25, -0.2) is 0 Å². The van der Waals surface area contributed by atoms with Crippen LogP contribution in [0.4, 0.5) is 0 Å². The molecule has 3 aromatic carbocycles. The zero-order valence-corrected chi connectivity index (χ0v) is 13.6. The molecule has 0 atom stereocenters. The molecule has 0 saturated carbocycles. The van der Waals surface area contributed by atoms with Gasteiger partial charge in [-0.15, -0.1) is 0 Å². The fraction of sp³-hybridized carbons (Fsp3) is 0.0500. The number of benzene rings is 3. The maximum absolute atomic E-state index is 12.9. The average molecular weight is 302 g/mol. The maximum Gasteiger partial charge on any atom is 0.223 e. The monoisotopic (exact) mass is 302 g/mol. The molecule has 0 amide bonds. The Morgan fingerprint density at radius 3 is 1.09 bits per heavy atom. The SMILES string of the molecule is CC(=O)[Si](c1ccccc1)(c1ccccc1)c1ccccc1. The molecule has 0 unspecified atom stereocenters. The van der Waals surface area contributed by atoms with Crippen LogP contribution in [0, 0.1) is 0 Å². The second-order valence-corrected chi connectivity index (χ2v) is 9.34. The smallest absolute Gasteiger partial charge is 0.223 e. The van der Waals surface area contributed by atoms with E-state index in [-0.39, 0.29) is 5.41 Å². The molecule has 3 rings (SSSR count). The van der Waals surface area contributed by atoms with Crippen LogP contribution < -0.4 is 15.6 Å². The highest BCUT2D eigenvalue weighted by Crippen LogP contribution is 2.09. The molecule has 0 radical (unpaired) electrons. The molecule has 1 nitrogen and oxygen atoms in total. The van der Waals surface area contributed by atoms with Crippen LogP contribution in [-0.2, 0) is 4.79 Å². The van der Waals surface area contributed by atoms with Crippen molar-refractivity contribution < 1.29 is 4.79 Å². The van der Waals surface area contributed by atoms with E-state index >= 15 is 0 Å². The Balaban J connectivity index is 2.37. The summed E-state index contributed by atoms with van der Waals surface area (Å²) in [5.41, 5.74) is 0. The van der Waals surface area contributed by atoms with Gasteiger partial charge in [0.2, 0.25) is 8.07 Å². The molecule has 0 aliphatic rings. The number of carbonyl (C=O) groups excluding carboxylic acids is 1. The zero-order valence-electron chi connectivity index (χ0n) is 12.6. The molecule has 0 aliphatic heterocycles. The van der Waals surface area contributed by atoms with Crippen LogP contribution in [0.1, 0.15) is 6.92 Å². The molecule has 0 saturated heterocycles. The Morgan fingerprint density at radius 2 is 0.864 bits per heavy atom. The van der Waals surface area contributed by atoms with E-state index < -0.39 is 8.07 Å². The molecule has 0 fully saturated rings. The minimum Gasteiger partial charge on any atom is -0.304 e. The summed E-state index contributed by atoms with van der Waals surface area (Å²) in [6.07, 6.45) is 0. The predicted octanol–water partition coefficient (Wildman–Crippen LogP) is 2.29. The van der Waals surface area contributed by atoms with E-state index in [4.69, 9.17) is 0 Å². The van der Waals surface area contributed by atoms with Gasteiger partial charge in [0, 0.05) is 0 Å². The Kier molecular flexibility index (Phi) is 4.03. The standard InChI is InChI=1S/C20H18OSi/c1-17(21)22(18-11-5-2-6-12-18,19-13-7-3-8-14-19)20-15-9-4-10-16-20/h2-16H,1H3. The highest BCUT2D eigenvalue weighted by Gasteiger charge is 2.44. The summed E-state index contributed by atoms with van der Waals surface area (Å²) in [5.74, 6) is 0. The number of hydrogen-bond acceptors (Lipinski definition) is 1. The van der Waals surface area contributed by atoms with Crippen LogP contribution in [-0.4, -0.2) is 13.5 Å². The molecule has 0 aliphatic carbocycles. The lowest BCUT2D eigenvalue weighted by Crippen LogP contribution is -2.72. The predicted molar refractivity (Wildman–Crippen MR) is 94.7 cm³/mol. The molecule has 0 N–H and O–H groups in total. The average Bonchev–Trinajstić information content (AvgIpc) is 2.58. The first kappa shape index (κ1) is 14.5. The molecule has 0 spiro atoms. The van der Waals surface area contributed by atoms with Crippen LogP contribution in [0.5, 0.6) is 0 Å². The van der Waals surface area contributed by atoms with E-state index in [2.05, 4.69) is 36.4 Å². The minimum absolute atomic E-state index is 0.260. The van der Waals surface area contributed by atoms with Gasteiger partial charge < -0.3 is 4.79 Å². The zero-order chi connectivity index (χ0) is 15.4.